The van der Waals surface area contributed by atoms with Crippen molar-refractivity contribution in [1.29, 1.82) is 0 Å². The molecule has 0 radical (unpaired) electrons. The fourth-order valence-electron chi connectivity index (χ4n) is 3.70. The Morgan fingerprint density at radius 2 is 2.35 bits per heavy atom. The third kappa shape index (κ3) is 3.46. The smallest absolute Gasteiger partial charge is 0.253 e. The number of pyridine rings is 1. The van der Waals surface area contributed by atoms with E-state index in [0.29, 0.717) is 25.3 Å². The molecular formula is C18H24N2O3. The lowest BCUT2D eigenvalue weighted by atomic mass is 9.73. The van der Waals surface area contributed by atoms with E-state index in [1.165, 1.54) is 0 Å². The highest BCUT2D eigenvalue weighted by atomic mass is 16.5. The monoisotopic (exact) mass is 316 g/mol. The number of aromatic nitrogens is 1. The predicted octanol–water partition coefficient (Wildman–Crippen LogP) is 2.30. The van der Waals surface area contributed by atoms with Crippen LogP contribution in [0.1, 0.15) is 29.6 Å². The minimum atomic E-state index is -0.0950. The van der Waals surface area contributed by atoms with Crippen LogP contribution in [-0.4, -0.2) is 54.8 Å². The van der Waals surface area contributed by atoms with Crippen LogP contribution >= 0.6 is 0 Å². The van der Waals surface area contributed by atoms with Crippen molar-refractivity contribution in [3.05, 3.63) is 42.7 Å². The van der Waals surface area contributed by atoms with E-state index in [0.717, 1.165) is 32.4 Å². The average molecular weight is 316 g/mol. The number of piperidine rings is 1. The largest absolute Gasteiger partial charge is 0.377 e. The van der Waals surface area contributed by atoms with Crippen LogP contribution in [0.5, 0.6) is 0 Å². The van der Waals surface area contributed by atoms with Gasteiger partial charge in [0, 0.05) is 43.1 Å². The summed E-state index contributed by atoms with van der Waals surface area (Å²) < 4.78 is 11.8. The second kappa shape index (κ2) is 7.23. The molecule has 23 heavy (non-hydrogen) atoms. The number of hydrogen-bond donors (Lipinski definition) is 0. The molecule has 0 N–H and O–H groups in total. The van der Waals surface area contributed by atoms with Crippen molar-refractivity contribution in [2.75, 3.05) is 32.9 Å². The molecule has 1 amide bonds. The van der Waals surface area contributed by atoms with Gasteiger partial charge in [0.05, 0.1) is 19.3 Å². The summed E-state index contributed by atoms with van der Waals surface area (Å²) in [5.74, 6) is 0.0690. The lowest BCUT2D eigenvalue weighted by Gasteiger charge is -2.50. The molecule has 2 atom stereocenters. The number of rotatable bonds is 5. The van der Waals surface area contributed by atoms with Crippen LogP contribution in [0.4, 0.5) is 0 Å². The second-order valence-electron chi connectivity index (χ2n) is 6.38. The highest BCUT2D eigenvalue weighted by Gasteiger charge is 2.47. The molecule has 5 heteroatoms. The Morgan fingerprint density at radius 1 is 1.52 bits per heavy atom. The van der Waals surface area contributed by atoms with E-state index in [1.807, 2.05) is 4.90 Å². The normalized spacial score (nSPS) is 27.3. The van der Waals surface area contributed by atoms with Gasteiger partial charge in [-0.15, -0.1) is 6.58 Å². The summed E-state index contributed by atoms with van der Waals surface area (Å²) in [5, 5.41) is 0. The summed E-state index contributed by atoms with van der Waals surface area (Å²) in [4.78, 5) is 18.7. The molecule has 0 saturated carbocycles. The first-order valence-electron chi connectivity index (χ1n) is 8.25. The molecule has 2 unspecified atom stereocenters. The van der Waals surface area contributed by atoms with Gasteiger partial charge >= 0.3 is 0 Å². The van der Waals surface area contributed by atoms with Crippen molar-refractivity contribution in [2.24, 2.45) is 5.41 Å². The molecule has 0 aliphatic carbocycles. The first-order chi connectivity index (χ1) is 11.2. The lowest BCUT2D eigenvalue weighted by Crippen LogP contribution is -2.58. The zero-order valence-corrected chi connectivity index (χ0v) is 13.4. The standard InChI is InChI=1S/C18H24N2O3/c1-2-11-22-14-18-7-3-12-23-16(18)6-10-20(13-18)17(21)15-4-8-19-9-5-15/h2,4-5,8-9,16H,1,3,6-7,10-14H2. The van der Waals surface area contributed by atoms with Gasteiger partial charge in [-0.2, -0.15) is 0 Å². The van der Waals surface area contributed by atoms with Gasteiger partial charge in [-0.25, -0.2) is 0 Å². The molecule has 1 aromatic rings. The van der Waals surface area contributed by atoms with Crippen LogP contribution in [0.3, 0.4) is 0 Å². The average Bonchev–Trinajstić information content (AvgIpc) is 2.61. The molecule has 124 valence electrons. The van der Waals surface area contributed by atoms with E-state index in [4.69, 9.17) is 9.47 Å². The van der Waals surface area contributed by atoms with Crippen LogP contribution in [0, 0.1) is 5.41 Å². The molecule has 5 nitrogen and oxygen atoms in total. The van der Waals surface area contributed by atoms with Crippen molar-refractivity contribution in [3.8, 4) is 0 Å². The second-order valence-corrected chi connectivity index (χ2v) is 6.38. The number of fused-ring (bicyclic) bond motifs is 1. The minimum Gasteiger partial charge on any atom is -0.377 e. The van der Waals surface area contributed by atoms with Gasteiger partial charge in [0.25, 0.3) is 5.91 Å². The Kier molecular flexibility index (Phi) is 5.08. The van der Waals surface area contributed by atoms with Crippen LogP contribution < -0.4 is 0 Å². The molecular weight excluding hydrogens is 292 g/mol. The summed E-state index contributed by atoms with van der Waals surface area (Å²) in [5.41, 5.74) is 0.597. The third-order valence-corrected chi connectivity index (χ3v) is 4.83. The maximum Gasteiger partial charge on any atom is 0.253 e. The summed E-state index contributed by atoms with van der Waals surface area (Å²) in [7, 11) is 0. The summed E-state index contributed by atoms with van der Waals surface area (Å²) >= 11 is 0. The van der Waals surface area contributed by atoms with Gasteiger partial charge in [-0.3, -0.25) is 9.78 Å². The molecule has 2 aliphatic rings. The molecule has 2 saturated heterocycles. The van der Waals surface area contributed by atoms with Crippen molar-refractivity contribution < 1.29 is 14.3 Å². The molecule has 0 aromatic carbocycles. The molecule has 3 heterocycles. The topological polar surface area (TPSA) is 51.7 Å². The van der Waals surface area contributed by atoms with Crippen LogP contribution in [0.2, 0.25) is 0 Å². The quantitative estimate of drug-likeness (QED) is 0.618. The number of carbonyl (C=O) groups excluding carboxylic acids is 1. The van der Waals surface area contributed by atoms with E-state index in [9.17, 15) is 4.79 Å². The Hall–Kier alpha value is -1.72. The molecule has 1 aromatic heterocycles. The Morgan fingerprint density at radius 3 is 3.13 bits per heavy atom. The van der Waals surface area contributed by atoms with Gasteiger partial charge < -0.3 is 14.4 Å². The van der Waals surface area contributed by atoms with Crippen LogP contribution in [0.25, 0.3) is 0 Å². The van der Waals surface area contributed by atoms with Gasteiger partial charge in [0.15, 0.2) is 0 Å². The Labute approximate surface area is 137 Å². The Bertz CT molecular complexity index is 548. The highest BCUT2D eigenvalue weighted by molar-refractivity contribution is 5.94. The van der Waals surface area contributed by atoms with Gasteiger partial charge in [0.1, 0.15) is 0 Å². The third-order valence-electron chi connectivity index (χ3n) is 4.83. The number of ether oxygens (including phenoxy) is 2. The molecule has 0 bridgehead atoms. The first-order valence-corrected chi connectivity index (χ1v) is 8.25. The maximum atomic E-state index is 12.7. The van der Waals surface area contributed by atoms with E-state index < -0.39 is 0 Å². The summed E-state index contributed by atoms with van der Waals surface area (Å²) in [6, 6.07) is 3.54. The van der Waals surface area contributed by atoms with E-state index in [-0.39, 0.29) is 17.4 Å². The van der Waals surface area contributed by atoms with Crippen molar-refractivity contribution in [2.45, 2.75) is 25.4 Å². The number of amides is 1. The zero-order chi connectivity index (χ0) is 16.1. The predicted molar refractivity (Wildman–Crippen MR) is 87.2 cm³/mol. The van der Waals surface area contributed by atoms with Gasteiger partial charge in [-0.1, -0.05) is 6.08 Å². The highest BCUT2D eigenvalue weighted by Crippen LogP contribution is 2.40. The van der Waals surface area contributed by atoms with E-state index >= 15 is 0 Å². The number of hydrogen-bond acceptors (Lipinski definition) is 4. The van der Waals surface area contributed by atoms with Gasteiger partial charge in [0.2, 0.25) is 0 Å². The maximum absolute atomic E-state index is 12.7. The number of carbonyl (C=O) groups is 1. The van der Waals surface area contributed by atoms with E-state index in [1.54, 1.807) is 30.6 Å². The molecule has 3 rings (SSSR count). The fraction of sp³-hybridized carbons (Fsp3) is 0.556. The van der Waals surface area contributed by atoms with Crippen molar-refractivity contribution >= 4 is 5.91 Å². The lowest BCUT2D eigenvalue weighted by molar-refractivity contribution is -0.144. The SMILES string of the molecule is C=CCOCC12CCCOC1CCN(C(=O)c1ccncc1)C2. The van der Waals surface area contributed by atoms with Gasteiger partial charge in [-0.05, 0) is 31.4 Å². The van der Waals surface area contributed by atoms with Crippen molar-refractivity contribution in [3.63, 3.8) is 0 Å². The Balaban J connectivity index is 1.75. The van der Waals surface area contributed by atoms with E-state index in [2.05, 4.69) is 11.6 Å². The summed E-state index contributed by atoms with van der Waals surface area (Å²) in [6.45, 7) is 7.08. The number of nitrogens with zero attached hydrogens (tertiary/aromatic N) is 2. The molecule has 0 spiro atoms. The van der Waals surface area contributed by atoms with Crippen LogP contribution in [-0.2, 0) is 9.47 Å². The molecule has 2 fully saturated rings. The summed E-state index contributed by atoms with van der Waals surface area (Å²) in [6.07, 6.45) is 8.19. The molecule has 2 aliphatic heterocycles. The zero-order valence-electron chi connectivity index (χ0n) is 13.4. The number of likely N-dealkylation sites (tertiary alicyclic amines) is 1. The minimum absolute atomic E-state index is 0.0690. The van der Waals surface area contributed by atoms with Crippen molar-refractivity contribution in [1.82, 2.24) is 9.88 Å². The fourth-order valence-corrected chi connectivity index (χ4v) is 3.70. The first kappa shape index (κ1) is 16.1. The van der Waals surface area contributed by atoms with Crippen LogP contribution in [0.15, 0.2) is 37.2 Å².